The van der Waals surface area contributed by atoms with Crippen molar-refractivity contribution < 1.29 is 14.7 Å². The van der Waals surface area contributed by atoms with Crippen molar-refractivity contribution in [2.75, 3.05) is 19.6 Å². The van der Waals surface area contributed by atoms with Crippen LogP contribution in [-0.4, -0.2) is 41.5 Å². The first kappa shape index (κ1) is 11.0. The van der Waals surface area contributed by atoms with Crippen LogP contribution >= 0.6 is 0 Å². The summed E-state index contributed by atoms with van der Waals surface area (Å²) in [5, 5.41) is 8.94. The maximum Gasteiger partial charge on any atom is 0.311 e. The van der Waals surface area contributed by atoms with Crippen molar-refractivity contribution in [3.63, 3.8) is 0 Å². The highest BCUT2D eigenvalue weighted by Gasteiger charge is 2.41. The van der Waals surface area contributed by atoms with Crippen LogP contribution in [0.1, 0.15) is 19.8 Å². The van der Waals surface area contributed by atoms with Crippen LogP contribution in [0.4, 0.5) is 0 Å². The first-order chi connectivity index (χ1) is 6.49. The predicted molar refractivity (Wildman–Crippen MR) is 50.6 cm³/mol. The molecular weight excluding hydrogens is 184 g/mol. The lowest BCUT2D eigenvalue weighted by Gasteiger charge is -2.19. The minimum atomic E-state index is -0.833. The molecule has 1 fully saturated rings. The van der Waals surface area contributed by atoms with Crippen LogP contribution in [0.15, 0.2) is 0 Å². The van der Waals surface area contributed by atoms with Crippen LogP contribution in [0.2, 0.25) is 0 Å². The molecule has 0 aromatic carbocycles. The van der Waals surface area contributed by atoms with Crippen molar-refractivity contribution in [3.8, 4) is 0 Å². The standard InChI is InChI=1S/C9H16N2O3/c1-9(8(13)14)3-5-11(6-9)7(12)2-4-10/h2-6,10H2,1H3,(H,13,14). The number of hydrogen-bond donors (Lipinski definition) is 2. The fraction of sp³-hybridized carbons (Fsp3) is 0.778. The second-order valence-corrected chi connectivity index (χ2v) is 3.97. The lowest BCUT2D eigenvalue weighted by atomic mass is 9.90. The molecule has 0 saturated carbocycles. The zero-order valence-corrected chi connectivity index (χ0v) is 8.32. The maximum atomic E-state index is 11.4. The molecule has 0 aromatic rings. The third-order valence-corrected chi connectivity index (χ3v) is 2.70. The van der Waals surface area contributed by atoms with Crippen molar-refractivity contribution in [1.29, 1.82) is 0 Å². The molecule has 3 N–H and O–H groups in total. The number of carbonyl (C=O) groups is 2. The van der Waals surface area contributed by atoms with Gasteiger partial charge in [0.15, 0.2) is 0 Å². The van der Waals surface area contributed by atoms with Gasteiger partial charge in [-0.25, -0.2) is 0 Å². The molecule has 5 heteroatoms. The summed E-state index contributed by atoms with van der Waals surface area (Å²) in [5.74, 6) is -0.877. The Morgan fingerprint density at radius 2 is 2.21 bits per heavy atom. The van der Waals surface area contributed by atoms with E-state index in [0.717, 1.165) is 0 Å². The molecule has 0 radical (unpaired) electrons. The quantitative estimate of drug-likeness (QED) is 0.652. The highest BCUT2D eigenvalue weighted by molar-refractivity contribution is 5.80. The predicted octanol–water partition coefficient (Wildman–Crippen LogP) is -0.342. The van der Waals surface area contributed by atoms with Gasteiger partial charge in [0.2, 0.25) is 5.91 Å². The van der Waals surface area contributed by atoms with E-state index in [1.165, 1.54) is 0 Å². The molecule has 0 aliphatic carbocycles. The molecule has 1 rings (SSSR count). The molecule has 1 heterocycles. The molecule has 1 aliphatic rings. The number of carboxylic acids is 1. The number of carbonyl (C=O) groups excluding carboxylic acids is 1. The molecule has 0 spiro atoms. The zero-order chi connectivity index (χ0) is 10.8. The molecule has 1 aliphatic heterocycles. The lowest BCUT2D eigenvalue weighted by molar-refractivity contribution is -0.147. The molecular formula is C9H16N2O3. The first-order valence-corrected chi connectivity index (χ1v) is 4.71. The SMILES string of the molecule is CC1(C(=O)O)CCN(C(=O)CCN)C1. The largest absolute Gasteiger partial charge is 0.481 e. The Hall–Kier alpha value is -1.10. The third-order valence-electron chi connectivity index (χ3n) is 2.70. The summed E-state index contributed by atoms with van der Waals surface area (Å²) in [7, 11) is 0. The number of aliphatic carboxylic acids is 1. The fourth-order valence-corrected chi connectivity index (χ4v) is 1.63. The Balaban J connectivity index is 2.56. The molecule has 5 nitrogen and oxygen atoms in total. The Morgan fingerprint density at radius 1 is 1.57 bits per heavy atom. The van der Waals surface area contributed by atoms with E-state index < -0.39 is 11.4 Å². The molecule has 80 valence electrons. The van der Waals surface area contributed by atoms with Gasteiger partial charge in [-0.2, -0.15) is 0 Å². The summed E-state index contributed by atoms with van der Waals surface area (Å²) in [6.07, 6.45) is 0.828. The average molecular weight is 200 g/mol. The van der Waals surface area contributed by atoms with Gasteiger partial charge in [-0.1, -0.05) is 0 Å². The Bertz CT molecular complexity index is 254. The average Bonchev–Trinajstić information content (AvgIpc) is 2.50. The van der Waals surface area contributed by atoms with E-state index >= 15 is 0 Å². The van der Waals surface area contributed by atoms with E-state index in [1.807, 2.05) is 0 Å². The van der Waals surface area contributed by atoms with Crippen LogP contribution < -0.4 is 5.73 Å². The molecule has 0 bridgehead atoms. The lowest BCUT2D eigenvalue weighted by Crippen LogP contribution is -2.35. The number of nitrogens with zero attached hydrogens (tertiary/aromatic N) is 1. The molecule has 1 saturated heterocycles. The monoisotopic (exact) mass is 200 g/mol. The Kier molecular flexibility index (Phi) is 3.10. The van der Waals surface area contributed by atoms with Gasteiger partial charge < -0.3 is 15.7 Å². The van der Waals surface area contributed by atoms with Crippen LogP contribution in [0.5, 0.6) is 0 Å². The van der Waals surface area contributed by atoms with Crippen LogP contribution in [0.25, 0.3) is 0 Å². The molecule has 14 heavy (non-hydrogen) atoms. The van der Waals surface area contributed by atoms with E-state index in [1.54, 1.807) is 11.8 Å². The smallest absolute Gasteiger partial charge is 0.311 e. The van der Waals surface area contributed by atoms with E-state index in [2.05, 4.69) is 0 Å². The number of nitrogens with two attached hydrogens (primary N) is 1. The van der Waals surface area contributed by atoms with Gasteiger partial charge in [0.1, 0.15) is 0 Å². The summed E-state index contributed by atoms with van der Waals surface area (Å²) in [5.41, 5.74) is 4.49. The van der Waals surface area contributed by atoms with Gasteiger partial charge in [-0.05, 0) is 13.3 Å². The van der Waals surface area contributed by atoms with Gasteiger partial charge in [0.05, 0.1) is 5.41 Å². The molecule has 1 atom stereocenters. The normalized spacial score (nSPS) is 26.6. The van der Waals surface area contributed by atoms with Crippen molar-refractivity contribution in [3.05, 3.63) is 0 Å². The van der Waals surface area contributed by atoms with E-state index in [9.17, 15) is 9.59 Å². The van der Waals surface area contributed by atoms with Crippen molar-refractivity contribution in [1.82, 2.24) is 4.90 Å². The van der Waals surface area contributed by atoms with Gasteiger partial charge in [0.25, 0.3) is 0 Å². The van der Waals surface area contributed by atoms with Crippen LogP contribution in [-0.2, 0) is 9.59 Å². The van der Waals surface area contributed by atoms with Crippen molar-refractivity contribution in [2.45, 2.75) is 19.8 Å². The van der Waals surface area contributed by atoms with Crippen LogP contribution in [0, 0.1) is 5.41 Å². The van der Waals surface area contributed by atoms with Gasteiger partial charge in [-0.15, -0.1) is 0 Å². The number of carboxylic acid groups (broad SMARTS) is 1. The highest BCUT2D eigenvalue weighted by Crippen LogP contribution is 2.30. The molecule has 1 amide bonds. The van der Waals surface area contributed by atoms with Gasteiger partial charge >= 0.3 is 5.97 Å². The Labute approximate surface area is 82.9 Å². The summed E-state index contributed by atoms with van der Waals surface area (Å²) in [4.78, 5) is 23.9. The van der Waals surface area contributed by atoms with Crippen LogP contribution in [0.3, 0.4) is 0 Å². The zero-order valence-electron chi connectivity index (χ0n) is 8.32. The van der Waals surface area contributed by atoms with E-state index in [4.69, 9.17) is 10.8 Å². The van der Waals surface area contributed by atoms with Crippen molar-refractivity contribution in [2.24, 2.45) is 11.1 Å². The minimum Gasteiger partial charge on any atom is -0.481 e. The first-order valence-electron chi connectivity index (χ1n) is 4.71. The fourth-order valence-electron chi connectivity index (χ4n) is 1.63. The summed E-state index contributed by atoms with van der Waals surface area (Å²) in [6.45, 7) is 2.83. The number of rotatable bonds is 3. The Morgan fingerprint density at radius 3 is 2.64 bits per heavy atom. The maximum absolute atomic E-state index is 11.4. The minimum absolute atomic E-state index is 0.0440. The second-order valence-electron chi connectivity index (χ2n) is 3.97. The highest BCUT2D eigenvalue weighted by atomic mass is 16.4. The summed E-state index contributed by atoms with van der Waals surface area (Å²) < 4.78 is 0. The topological polar surface area (TPSA) is 83.6 Å². The number of hydrogen-bond acceptors (Lipinski definition) is 3. The second kappa shape index (κ2) is 3.96. The molecule has 1 unspecified atom stereocenters. The van der Waals surface area contributed by atoms with Gasteiger partial charge in [-0.3, -0.25) is 9.59 Å². The summed E-state index contributed by atoms with van der Waals surface area (Å²) >= 11 is 0. The van der Waals surface area contributed by atoms with Gasteiger partial charge in [0, 0.05) is 26.1 Å². The van der Waals surface area contributed by atoms with Crippen molar-refractivity contribution >= 4 is 11.9 Å². The number of likely N-dealkylation sites (tertiary alicyclic amines) is 1. The molecule has 0 aromatic heterocycles. The van der Waals surface area contributed by atoms with E-state index in [-0.39, 0.29) is 5.91 Å². The third kappa shape index (κ3) is 2.04. The summed E-state index contributed by atoms with van der Waals surface area (Å²) in [6, 6.07) is 0. The number of amides is 1. The van der Waals surface area contributed by atoms with E-state index in [0.29, 0.717) is 32.5 Å².